The Labute approximate surface area is 171 Å². The average molecular weight is 400 g/mol. The molecule has 0 saturated heterocycles. The molecular weight excluding hydrogens is 383 g/mol. The number of hydrogen-bond donors (Lipinski definition) is 0. The number of hydrogen-bond acceptors (Lipinski definition) is 5. The van der Waals surface area contributed by atoms with Crippen LogP contribution in [0.25, 0.3) is 22.0 Å². The lowest BCUT2D eigenvalue weighted by Crippen LogP contribution is -2.24. The van der Waals surface area contributed by atoms with Gasteiger partial charge >= 0.3 is 0 Å². The van der Waals surface area contributed by atoms with Crippen molar-refractivity contribution in [2.24, 2.45) is 0 Å². The van der Waals surface area contributed by atoms with Gasteiger partial charge in [-0.05, 0) is 35.9 Å². The Hall–Kier alpha value is -3.89. The van der Waals surface area contributed by atoms with Crippen LogP contribution in [-0.2, 0) is 17.9 Å². The smallest absolute Gasteiger partial charge is 0.274 e. The number of methoxy groups -OCH3 is 1. The van der Waals surface area contributed by atoms with Crippen molar-refractivity contribution < 1.29 is 9.13 Å². The predicted molar refractivity (Wildman–Crippen MR) is 110 cm³/mol. The molecule has 0 fully saturated rings. The maximum absolute atomic E-state index is 14.8. The van der Waals surface area contributed by atoms with Crippen LogP contribution in [0.5, 0.6) is 0 Å². The minimum absolute atomic E-state index is 0.194. The lowest BCUT2D eigenvalue weighted by molar-refractivity contribution is 0.180. The van der Waals surface area contributed by atoms with E-state index >= 15 is 0 Å². The molecule has 6 nitrogen and oxygen atoms in total. The molecule has 0 spiro atoms. The second-order valence-electron chi connectivity index (χ2n) is 6.74. The van der Waals surface area contributed by atoms with E-state index in [0.29, 0.717) is 27.7 Å². The van der Waals surface area contributed by atoms with Crippen LogP contribution in [-0.4, -0.2) is 21.9 Å². The maximum Gasteiger partial charge on any atom is 0.274 e. The number of pyridine rings is 1. The molecule has 148 valence electrons. The Morgan fingerprint density at radius 3 is 2.47 bits per heavy atom. The Balaban J connectivity index is 1.86. The maximum atomic E-state index is 14.8. The van der Waals surface area contributed by atoms with E-state index in [2.05, 4.69) is 16.2 Å². The number of aromatic nitrogens is 3. The van der Waals surface area contributed by atoms with Crippen molar-refractivity contribution in [2.45, 2.75) is 13.2 Å². The summed E-state index contributed by atoms with van der Waals surface area (Å²) in [5.41, 5.74) is 2.07. The van der Waals surface area contributed by atoms with Gasteiger partial charge in [0.1, 0.15) is 5.69 Å². The summed E-state index contributed by atoms with van der Waals surface area (Å²) >= 11 is 0. The summed E-state index contributed by atoms with van der Waals surface area (Å²) in [6.45, 7) is 0.392. The highest BCUT2D eigenvalue weighted by Crippen LogP contribution is 2.26. The fourth-order valence-electron chi connectivity index (χ4n) is 3.28. The molecule has 0 aliphatic carbocycles. The zero-order valence-electron chi connectivity index (χ0n) is 16.2. The van der Waals surface area contributed by atoms with Gasteiger partial charge in [0.05, 0.1) is 41.4 Å². The fraction of sp³-hybridized carbons (Fsp3) is 0.130. The molecule has 0 N–H and O–H groups in total. The first-order chi connectivity index (χ1) is 14.6. The van der Waals surface area contributed by atoms with Gasteiger partial charge in [-0.2, -0.15) is 14.8 Å². The van der Waals surface area contributed by atoms with Crippen molar-refractivity contribution in [3.05, 3.63) is 93.8 Å². The Kier molecular flexibility index (Phi) is 5.33. The Bertz CT molecular complexity index is 1320. The molecule has 0 unspecified atom stereocenters. The highest BCUT2D eigenvalue weighted by molar-refractivity contribution is 5.93. The monoisotopic (exact) mass is 400 g/mol. The van der Waals surface area contributed by atoms with Gasteiger partial charge in [-0.15, -0.1) is 0 Å². The van der Waals surface area contributed by atoms with Crippen LogP contribution in [0.3, 0.4) is 0 Å². The van der Waals surface area contributed by atoms with Crippen LogP contribution in [0.4, 0.5) is 4.39 Å². The number of ether oxygens (including phenoxy) is 1. The predicted octanol–water partition coefficient (Wildman–Crippen LogP) is 3.66. The highest BCUT2D eigenvalue weighted by atomic mass is 19.1. The minimum Gasteiger partial charge on any atom is -0.378 e. The first kappa shape index (κ1) is 19.4. The van der Waals surface area contributed by atoms with E-state index in [4.69, 9.17) is 10.00 Å². The number of nitriles is 1. The second-order valence-corrected chi connectivity index (χ2v) is 6.74. The van der Waals surface area contributed by atoms with Crippen molar-refractivity contribution in [1.29, 1.82) is 5.26 Å². The minimum atomic E-state index is -0.675. The van der Waals surface area contributed by atoms with E-state index in [9.17, 15) is 9.18 Å². The lowest BCUT2D eigenvalue weighted by Gasteiger charge is -2.12. The summed E-state index contributed by atoms with van der Waals surface area (Å²) in [7, 11) is 1.52. The molecule has 0 aliphatic heterocycles. The van der Waals surface area contributed by atoms with Crippen molar-refractivity contribution in [3.8, 4) is 17.3 Å². The average Bonchev–Trinajstić information content (AvgIpc) is 2.77. The second kappa shape index (κ2) is 8.23. The summed E-state index contributed by atoms with van der Waals surface area (Å²) in [6.07, 6.45) is 0. The van der Waals surface area contributed by atoms with Crippen LogP contribution in [0.2, 0.25) is 0 Å². The van der Waals surface area contributed by atoms with Crippen LogP contribution >= 0.6 is 0 Å². The summed E-state index contributed by atoms with van der Waals surface area (Å²) in [5, 5.41) is 14.4. The molecular formula is C23H17FN4O2. The van der Waals surface area contributed by atoms with Crippen LogP contribution in [0.1, 0.15) is 16.8 Å². The fourth-order valence-corrected chi connectivity index (χ4v) is 3.28. The molecule has 0 radical (unpaired) electrons. The van der Waals surface area contributed by atoms with Crippen molar-refractivity contribution in [1.82, 2.24) is 14.8 Å². The molecule has 2 aromatic carbocycles. The van der Waals surface area contributed by atoms with Crippen molar-refractivity contribution in [3.63, 3.8) is 0 Å². The number of fused-ring (bicyclic) bond motifs is 1. The van der Waals surface area contributed by atoms with Gasteiger partial charge in [0.25, 0.3) is 5.56 Å². The number of halogens is 1. The van der Waals surface area contributed by atoms with E-state index in [1.54, 1.807) is 60.7 Å². The third-order valence-electron chi connectivity index (χ3n) is 4.74. The molecule has 4 aromatic rings. The van der Waals surface area contributed by atoms with E-state index in [1.165, 1.54) is 11.8 Å². The van der Waals surface area contributed by atoms with E-state index in [1.807, 2.05) is 0 Å². The normalized spacial score (nSPS) is 10.8. The van der Waals surface area contributed by atoms with E-state index in [-0.39, 0.29) is 24.3 Å². The van der Waals surface area contributed by atoms with Gasteiger partial charge in [-0.3, -0.25) is 4.79 Å². The molecule has 0 amide bonds. The summed E-state index contributed by atoms with van der Waals surface area (Å²) in [4.78, 5) is 16.9. The topological polar surface area (TPSA) is 80.8 Å². The molecule has 0 bridgehead atoms. The standard InChI is InChI=1S/C23H17FN4O2/c1-30-14-17-10-11-20(22(24)26-17)21-18-4-2-3-5-19(18)23(29)28(27-21)13-16-8-6-15(12-25)7-9-16/h2-11H,13-14H2,1H3. The van der Waals surface area contributed by atoms with Gasteiger partial charge in [0.15, 0.2) is 0 Å². The van der Waals surface area contributed by atoms with Gasteiger partial charge in [0, 0.05) is 12.5 Å². The first-order valence-electron chi connectivity index (χ1n) is 9.24. The quantitative estimate of drug-likeness (QED) is 0.478. The van der Waals surface area contributed by atoms with Gasteiger partial charge < -0.3 is 4.74 Å². The molecule has 7 heteroatoms. The van der Waals surface area contributed by atoms with Gasteiger partial charge in [0.2, 0.25) is 5.95 Å². The van der Waals surface area contributed by atoms with E-state index < -0.39 is 5.95 Å². The summed E-state index contributed by atoms with van der Waals surface area (Å²) < 4.78 is 21.1. The number of nitrogens with zero attached hydrogens (tertiary/aromatic N) is 4. The third kappa shape index (κ3) is 3.69. The summed E-state index contributed by atoms with van der Waals surface area (Å²) in [6, 6.07) is 19.2. The third-order valence-corrected chi connectivity index (χ3v) is 4.74. The van der Waals surface area contributed by atoms with Crippen LogP contribution in [0, 0.1) is 17.3 Å². The van der Waals surface area contributed by atoms with Crippen LogP contribution in [0.15, 0.2) is 65.5 Å². The van der Waals surface area contributed by atoms with Gasteiger partial charge in [-0.25, -0.2) is 9.67 Å². The highest BCUT2D eigenvalue weighted by Gasteiger charge is 2.16. The van der Waals surface area contributed by atoms with Gasteiger partial charge in [-0.1, -0.05) is 30.3 Å². The molecule has 0 aliphatic rings. The largest absolute Gasteiger partial charge is 0.378 e. The molecule has 2 heterocycles. The summed E-state index contributed by atoms with van der Waals surface area (Å²) in [5.74, 6) is -0.675. The number of benzene rings is 2. The molecule has 0 saturated carbocycles. The molecule has 30 heavy (non-hydrogen) atoms. The van der Waals surface area contributed by atoms with Crippen molar-refractivity contribution >= 4 is 10.8 Å². The zero-order valence-corrected chi connectivity index (χ0v) is 16.2. The van der Waals surface area contributed by atoms with E-state index in [0.717, 1.165) is 5.56 Å². The van der Waals surface area contributed by atoms with Crippen molar-refractivity contribution in [2.75, 3.05) is 7.11 Å². The molecule has 0 atom stereocenters. The molecule has 4 rings (SSSR count). The Morgan fingerprint density at radius 1 is 1.07 bits per heavy atom. The molecule has 2 aromatic heterocycles. The lowest BCUT2D eigenvalue weighted by atomic mass is 10.1. The van der Waals surface area contributed by atoms with Crippen LogP contribution < -0.4 is 5.56 Å². The Morgan fingerprint density at radius 2 is 1.80 bits per heavy atom. The SMILES string of the molecule is COCc1ccc(-c2nn(Cc3ccc(C#N)cc3)c(=O)c3ccccc23)c(F)n1. The number of rotatable bonds is 5. The zero-order chi connectivity index (χ0) is 21.1. The first-order valence-corrected chi connectivity index (χ1v) is 9.24.